The average Bonchev–Trinajstić information content (AvgIpc) is 3.04. The molecule has 3 rings (SSSR count). The largest absolute Gasteiger partial charge is 0.493 e. The van der Waals surface area contributed by atoms with E-state index >= 15 is 0 Å². The van der Waals surface area contributed by atoms with E-state index in [-0.39, 0.29) is 30.7 Å². The van der Waals surface area contributed by atoms with Crippen molar-refractivity contribution in [3.63, 3.8) is 0 Å². The monoisotopic (exact) mass is 474 g/mol. The summed E-state index contributed by atoms with van der Waals surface area (Å²) in [4.78, 5) is 38.6. The van der Waals surface area contributed by atoms with Gasteiger partial charge in [-0.05, 0) is 54.1 Å². The second-order valence-electron chi connectivity index (χ2n) is 6.79. The smallest absolute Gasteiger partial charge is 0.293 e. The first-order valence-electron chi connectivity index (χ1n) is 9.99. The van der Waals surface area contributed by atoms with Crippen LogP contribution in [0.1, 0.15) is 18.1 Å². The van der Waals surface area contributed by atoms with Crippen molar-refractivity contribution in [2.45, 2.75) is 13.3 Å². The normalized spacial score (nSPS) is 14.7. The number of benzene rings is 2. The van der Waals surface area contributed by atoms with Crippen molar-refractivity contribution < 1.29 is 23.9 Å². The number of thioether (sulfide) groups is 1. The van der Waals surface area contributed by atoms with Crippen LogP contribution < -0.4 is 14.8 Å². The summed E-state index contributed by atoms with van der Waals surface area (Å²) in [6.07, 6.45) is 1.76. The fourth-order valence-corrected chi connectivity index (χ4v) is 4.14. The molecule has 1 aliphatic heterocycles. The first-order valence-corrected chi connectivity index (χ1v) is 11.2. The number of halogens is 1. The number of methoxy groups -OCH3 is 1. The Morgan fingerprint density at radius 1 is 1.19 bits per heavy atom. The lowest BCUT2D eigenvalue weighted by atomic mass is 10.1. The van der Waals surface area contributed by atoms with Crippen LogP contribution in [0.2, 0.25) is 5.02 Å². The van der Waals surface area contributed by atoms with Gasteiger partial charge in [-0.1, -0.05) is 35.9 Å². The zero-order valence-corrected chi connectivity index (χ0v) is 19.3. The fourth-order valence-electron chi connectivity index (χ4n) is 3.08. The Morgan fingerprint density at radius 2 is 1.97 bits per heavy atom. The van der Waals surface area contributed by atoms with Gasteiger partial charge >= 0.3 is 0 Å². The molecular weight excluding hydrogens is 452 g/mol. The van der Waals surface area contributed by atoms with Crippen LogP contribution in [-0.4, -0.2) is 48.8 Å². The number of carbonyl (C=O) groups is 3. The molecule has 0 bridgehead atoms. The Morgan fingerprint density at radius 3 is 2.69 bits per heavy atom. The van der Waals surface area contributed by atoms with Gasteiger partial charge in [-0.3, -0.25) is 19.3 Å². The number of nitrogens with one attached hydrogen (secondary N) is 1. The topological polar surface area (TPSA) is 84.9 Å². The van der Waals surface area contributed by atoms with Crippen LogP contribution in [0.5, 0.6) is 11.5 Å². The lowest BCUT2D eigenvalue weighted by molar-refractivity contribution is -0.124. The van der Waals surface area contributed by atoms with Crippen LogP contribution >= 0.6 is 23.4 Å². The van der Waals surface area contributed by atoms with Gasteiger partial charge in [0.1, 0.15) is 0 Å². The number of hydrogen-bond acceptors (Lipinski definition) is 6. The molecule has 0 radical (unpaired) electrons. The molecule has 0 saturated carbocycles. The summed E-state index contributed by atoms with van der Waals surface area (Å²) in [5, 5.41) is 2.86. The highest BCUT2D eigenvalue weighted by molar-refractivity contribution is 8.18. The van der Waals surface area contributed by atoms with Crippen molar-refractivity contribution in [3.05, 3.63) is 63.5 Å². The molecule has 0 aromatic heterocycles. The van der Waals surface area contributed by atoms with Crippen molar-refractivity contribution in [1.29, 1.82) is 0 Å². The van der Waals surface area contributed by atoms with E-state index in [0.717, 1.165) is 16.7 Å². The number of imide groups is 1. The fraction of sp³-hybridized carbons (Fsp3) is 0.261. The molecular formula is C23H23ClN2O5S. The number of ether oxygens (including phenoxy) is 2. The van der Waals surface area contributed by atoms with Crippen LogP contribution in [0.15, 0.2) is 47.4 Å². The minimum atomic E-state index is -0.395. The highest BCUT2D eigenvalue weighted by Crippen LogP contribution is 2.34. The summed E-state index contributed by atoms with van der Waals surface area (Å²) in [5.41, 5.74) is 1.43. The Hall–Kier alpha value is -2.97. The molecule has 2 aromatic rings. The molecule has 1 N–H and O–H groups in total. The number of hydrogen-bond donors (Lipinski definition) is 1. The maximum Gasteiger partial charge on any atom is 0.293 e. The molecule has 1 heterocycles. The minimum Gasteiger partial charge on any atom is -0.493 e. The second-order valence-corrected chi connectivity index (χ2v) is 8.20. The van der Waals surface area contributed by atoms with Crippen molar-refractivity contribution >= 4 is 46.5 Å². The average molecular weight is 475 g/mol. The molecule has 1 aliphatic rings. The van der Waals surface area contributed by atoms with Crippen LogP contribution in [0.25, 0.3) is 6.08 Å². The standard InChI is InChI=1S/C23H23ClN2O5S/c1-3-31-18-9-8-15(12-19(18)30-2)13-20-22(28)26(23(29)32-20)11-10-25-21(27)14-16-6-4-5-7-17(16)24/h4-9,12-13H,3,10-11,14H2,1-2H3,(H,25,27). The van der Waals surface area contributed by atoms with E-state index in [1.165, 1.54) is 7.11 Å². The highest BCUT2D eigenvalue weighted by atomic mass is 35.5. The van der Waals surface area contributed by atoms with Crippen molar-refractivity contribution in [2.75, 3.05) is 26.8 Å². The molecule has 3 amide bonds. The van der Waals surface area contributed by atoms with E-state index in [9.17, 15) is 14.4 Å². The van der Waals surface area contributed by atoms with Gasteiger partial charge in [0.25, 0.3) is 11.1 Å². The molecule has 0 atom stereocenters. The first-order chi connectivity index (χ1) is 15.4. The molecule has 0 aliphatic carbocycles. The van der Waals surface area contributed by atoms with E-state index in [0.29, 0.717) is 39.2 Å². The number of amides is 3. The maximum atomic E-state index is 12.7. The molecule has 168 valence electrons. The second kappa shape index (κ2) is 11.1. The Bertz CT molecular complexity index is 1060. The van der Waals surface area contributed by atoms with E-state index in [4.69, 9.17) is 21.1 Å². The molecule has 0 spiro atoms. The third kappa shape index (κ3) is 5.83. The lowest BCUT2D eigenvalue weighted by Gasteiger charge is -2.13. The van der Waals surface area contributed by atoms with Crippen molar-refractivity contribution in [3.8, 4) is 11.5 Å². The summed E-state index contributed by atoms with van der Waals surface area (Å²) >= 11 is 6.93. The number of nitrogens with zero attached hydrogens (tertiary/aromatic N) is 1. The van der Waals surface area contributed by atoms with Crippen LogP contribution in [0.4, 0.5) is 4.79 Å². The number of rotatable bonds is 9. The SMILES string of the molecule is CCOc1ccc(C=C2SC(=O)N(CCNC(=O)Cc3ccccc3Cl)C2=O)cc1OC. The minimum absolute atomic E-state index is 0.0862. The van der Waals surface area contributed by atoms with Gasteiger partial charge in [-0.15, -0.1) is 0 Å². The summed E-state index contributed by atoms with van der Waals surface area (Å²) < 4.78 is 10.8. The molecule has 1 fully saturated rings. The summed E-state index contributed by atoms with van der Waals surface area (Å²) in [5.74, 6) is 0.518. The Labute approximate surface area is 195 Å². The molecule has 7 nitrogen and oxygen atoms in total. The Kier molecular flexibility index (Phi) is 8.19. The summed E-state index contributed by atoms with van der Waals surface area (Å²) in [6.45, 7) is 2.63. The van der Waals surface area contributed by atoms with E-state index in [2.05, 4.69) is 5.32 Å². The van der Waals surface area contributed by atoms with Crippen LogP contribution in [0.3, 0.4) is 0 Å². The van der Waals surface area contributed by atoms with E-state index in [1.54, 1.807) is 48.5 Å². The first kappa shape index (κ1) is 23.7. The predicted molar refractivity (Wildman–Crippen MR) is 125 cm³/mol. The third-order valence-electron chi connectivity index (χ3n) is 4.63. The van der Waals surface area contributed by atoms with Gasteiger partial charge in [0.05, 0.1) is 25.0 Å². The summed E-state index contributed by atoms with van der Waals surface area (Å²) in [6, 6.07) is 12.4. The lowest BCUT2D eigenvalue weighted by Crippen LogP contribution is -2.37. The van der Waals surface area contributed by atoms with Gasteiger partial charge in [-0.2, -0.15) is 0 Å². The summed E-state index contributed by atoms with van der Waals surface area (Å²) in [7, 11) is 1.54. The maximum absolute atomic E-state index is 12.7. The van der Waals surface area contributed by atoms with Crippen molar-refractivity contribution in [1.82, 2.24) is 10.2 Å². The molecule has 32 heavy (non-hydrogen) atoms. The quantitative estimate of drug-likeness (QED) is 0.550. The van der Waals surface area contributed by atoms with Crippen LogP contribution in [-0.2, 0) is 16.0 Å². The Balaban J connectivity index is 1.58. The van der Waals surface area contributed by atoms with Gasteiger partial charge in [0.15, 0.2) is 11.5 Å². The van der Waals surface area contributed by atoms with E-state index in [1.807, 2.05) is 6.92 Å². The van der Waals surface area contributed by atoms with Gasteiger partial charge in [0, 0.05) is 18.1 Å². The zero-order valence-electron chi connectivity index (χ0n) is 17.7. The van der Waals surface area contributed by atoms with Gasteiger partial charge in [0.2, 0.25) is 5.91 Å². The highest BCUT2D eigenvalue weighted by Gasteiger charge is 2.34. The number of carbonyl (C=O) groups excluding carboxylic acids is 3. The third-order valence-corrected chi connectivity index (χ3v) is 5.90. The van der Waals surface area contributed by atoms with Crippen LogP contribution in [0, 0.1) is 0 Å². The molecule has 1 saturated heterocycles. The van der Waals surface area contributed by atoms with Gasteiger partial charge < -0.3 is 14.8 Å². The zero-order chi connectivity index (χ0) is 23.1. The molecule has 9 heteroatoms. The predicted octanol–water partition coefficient (Wildman–Crippen LogP) is 4.14. The molecule has 0 unspecified atom stereocenters. The van der Waals surface area contributed by atoms with Crippen molar-refractivity contribution in [2.24, 2.45) is 0 Å². The molecule has 2 aromatic carbocycles. The van der Waals surface area contributed by atoms with E-state index < -0.39 is 5.91 Å². The van der Waals surface area contributed by atoms with Gasteiger partial charge in [-0.25, -0.2) is 0 Å².